The van der Waals surface area contributed by atoms with Gasteiger partial charge in [-0.25, -0.2) is 4.39 Å². The van der Waals surface area contributed by atoms with Crippen molar-refractivity contribution in [2.75, 3.05) is 0 Å². The molecule has 0 bridgehead atoms. The zero-order valence-electron chi connectivity index (χ0n) is 9.36. The number of rotatable bonds is 3. The molecule has 0 saturated heterocycles. The van der Waals surface area contributed by atoms with Crippen LogP contribution in [0.15, 0.2) is 46.9 Å². The Hall–Kier alpha value is -1.86. The molecule has 0 N–H and O–H groups in total. The Morgan fingerprint density at radius 2 is 2.06 bits per heavy atom. The summed E-state index contributed by atoms with van der Waals surface area (Å²) in [7, 11) is 0. The molecule has 2 rings (SSSR count). The predicted octanol–water partition coefficient (Wildman–Crippen LogP) is 4.04. The molecule has 2 aromatic carbocycles. The minimum Gasteiger partial charge on any atom is -0.488 e. The van der Waals surface area contributed by atoms with Crippen molar-refractivity contribution in [2.45, 2.75) is 6.61 Å². The van der Waals surface area contributed by atoms with Crippen LogP contribution in [-0.2, 0) is 6.61 Å². The van der Waals surface area contributed by atoms with E-state index in [0.29, 0.717) is 15.8 Å². The van der Waals surface area contributed by atoms with Crippen molar-refractivity contribution in [1.29, 1.82) is 5.26 Å². The Morgan fingerprint density at radius 1 is 1.22 bits per heavy atom. The molecule has 0 saturated carbocycles. The molecule has 0 amide bonds. The summed E-state index contributed by atoms with van der Waals surface area (Å²) >= 11 is 3.29. The van der Waals surface area contributed by atoms with Crippen LogP contribution in [0.25, 0.3) is 0 Å². The van der Waals surface area contributed by atoms with Crippen molar-refractivity contribution >= 4 is 15.9 Å². The second-order valence-electron chi connectivity index (χ2n) is 3.68. The number of nitriles is 1. The zero-order valence-corrected chi connectivity index (χ0v) is 10.9. The second-order valence-corrected chi connectivity index (χ2v) is 4.53. The van der Waals surface area contributed by atoms with Crippen LogP contribution in [-0.4, -0.2) is 0 Å². The van der Waals surface area contributed by atoms with Gasteiger partial charge in [-0.3, -0.25) is 0 Å². The lowest BCUT2D eigenvalue weighted by Crippen LogP contribution is -1.97. The molecule has 90 valence electrons. The van der Waals surface area contributed by atoms with Gasteiger partial charge in [0.05, 0.1) is 16.1 Å². The van der Waals surface area contributed by atoms with Crippen LogP contribution in [0.3, 0.4) is 0 Å². The second kappa shape index (κ2) is 5.65. The highest BCUT2D eigenvalue weighted by Gasteiger charge is 2.03. The van der Waals surface area contributed by atoms with Crippen LogP contribution in [0.4, 0.5) is 4.39 Å². The van der Waals surface area contributed by atoms with Crippen molar-refractivity contribution in [3.8, 4) is 11.8 Å². The lowest BCUT2D eigenvalue weighted by molar-refractivity contribution is 0.302. The van der Waals surface area contributed by atoms with E-state index in [4.69, 9.17) is 10.00 Å². The van der Waals surface area contributed by atoms with Gasteiger partial charge in [-0.05, 0) is 45.8 Å². The highest BCUT2D eigenvalue weighted by Crippen LogP contribution is 2.26. The molecule has 18 heavy (non-hydrogen) atoms. The van der Waals surface area contributed by atoms with Crippen LogP contribution < -0.4 is 4.74 Å². The average molecular weight is 306 g/mol. The van der Waals surface area contributed by atoms with E-state index in [1.54, 1.807) is 24.3 Å². The van der Waals surface area contributed by atoms with E-state index in [9.17, 15) is 4.39 Å². The smallest absolute Gasteiger partial charge is 0.136 e. The number of nitrogens with zero attached hydrogens (tertiary/aromatic N) is 1. The van der Waals surface area contributed by atoms with E-state index in [0.717, 1.165) is 5.56 Å². The fourth-order valence-corrected chi connectivity index (χ4v) is 1.84. The van der Waals surface area contributed by atoms with Gasteiger partial charge in [-0.2, -0.15) is 5.26 Å². The fraction of sp³-hybridized carbons (Fsp3) is 0.0714. The predicted molar refractivity (Wildman–Crippen MR) is 69.6 cm³/mol. The summed E-state index contributed by atoms with van der Waals surface area (Å²) < 4.78 is 19.2. The summed E-state index contributed by atoms with van der Waals surface area (Å²) in [6.45, 7) is 0.289. The lowest BCUT2D eigenvalue weighted by Gasteiger charge is -2.08. The fourth-order valence-electron chi connectivity index (χ4n) is 1.48. The van der Waals surface area contributed by atoms with Gasteiger partial charge in [0.2, 0.25) is 0 Å². The molecular formula is C14H9BrFNO. The monoisotopic (exact) mass is 305 g/mol. The Balaban J connectivity index is 2.11. The number of hydrogen-bond acceptors (Lipinski definition) is 2. The Kier molecular flexibility index (Phi) is 3.96. The molecule has 0 radical (unpaired) electrons. The van der Waals surface area contributed by atoms with Gasteiger partial charge in [-0.1, -0.05) is 12.1 Å². The van der Waals surface area contributed by atoms with Gasteiger partial charge in [0.25, 0.3) is 0 Å². The summed E-state index contributed by atoms with van der Waals surface area (Å²) in [6, 6.07) is 13.4. The number of ether oxygens (including phenoxy) is 1. The number of benzene rings is 2. The van der Waals surface area contributed by atoms with Crippen molar-refractivity contribution in [3.05, 3.63) is 63.9 Å². The number of hydrogen-bond donors (Lipinski definition) is 0. The summed E-state index contributed by atoms with van der Waals surface area (Å²) in [4.78, 5) is 0. The quantitative estimate of drug-likeness (QED) is 0.857. The third-order valence-corrected chi connectivity index (χ3v) is 3.00. The highest BCUT2D eigenvalue weighted by molar-refractivity contribution is 9.10. The molecule has 2 aromatic rings. The van der Waals surface area contributed by atoms with Crippen molar-refractivity contribution < 1.29 is 9.13 Å². The van der Waals surface area contributed by atoms with Crippen LogP contribution >= 0.6 is 15.9 Å². The minimum absolute atomic E-state index is 0.289. The summed E-state index contributed by atoms with van der Waals surface area (Å²) in [5.74, 6) is 0.0938. The first kappa shape index (κ1) is 12.6. The Morgan fingerprint density at radius 3 is 2.83 bits per heavy atom. The molecule has 0 atom stereocenters. The standard InChI is InChI=1S/C14H9BrFNO/c15-13-5-4-12(16)7-14(13)18-9-11-3-1-2-10(6-11)8-17/h1-7H,9H2. The Labute approximate surface area is 113 Å². The Bertz CT molecular complexity index is 607. The largest absolute Gasteiger partial charge is 0.488 e. The molecule has 0 fully saturated rings. The molecule has 0 aliphatic rings. The van der Waals surface area contributed by atoms with Gasteiger partial charge in [0.15, 0.2) is 0 Å². The van der Waals surface area contributed by atoms with E-state index >= 15 is 0 Å². The SMILES string of the molecule is N#Cc1cccc(COc2cc(F)ccc2Br)c1. The average Bonchev–Trinajstić information content (AvgIpc) is 2.40. The summed E-state index contributed by atoms with van der Waals surface area (Å²) in [5, 5.41) is 8.78. The van der Waals surface area contributed by atoms with Gasteiger partial charge in [0.1, 0.15) is 18.2 Å². The van der Waals surface area contributed by atoms with Crippen molar-refractivity contribution in [3.63, 3.8) is 0 Å². The molecule has 0 aromatic heterocycles. The molecular weight excluding hydrogens is 297 g/mol. The molecule has 0 unspecified atom stereocenters. The first-order valence-electron chi connectivity index (χ1n) is 5.26. The van der Waals surface area contributed by atoms with E-state index in [1.807, 2.05) is 6.07 Å². The normalized spacial score (nSPS) is 9.83. The first-order chi connectivity index (χ1) is 8.69. The minimum atomic E-state index is -0.348. The van der Waals surface area contributed by atoms with Gasteiger partial charge in [-0.15, -0.1) is 0 Å². The highest BCUT2D eigenvalue weighted by atomic mass is 79.9. The maximum atomic E-state index is 13.0. The van der Waals surface area contributed by atoms with Crippen molar-refractivity contribution in [2.24, 2.45) is 0 Å². The maximum absolute atomic E-state index is 13.0. The third-order valence-electron chi connectivity index (χ3n) is 2.34. The van der Waals surface area contributed by atoms with E-state index < -0.39 is 0 Å². The zero-order chi connectivity index (χ0) is 13.0. The van der Waals surface area contributed by atoms with Crippen LogP contribution in [0, 0.1) is 17.1 Å². The summed E-state index contributed by atoms with van der Waals surface area (Å²) in [5.41, 5.74) is 1.44. The van der Waals surface area contributed by atoms with E-state index in [2.05, 4.69) is 22.0 Å². The van der Waals surface area contributed by atoms with Crippen LogP contribution in [0.1, 0.15) is 11.1 Å². The molecule has 4 heteroatoms. The topological polar surface area (TPSA) is 33.0 Å². The number of halogens is 2. The van der Waals surface area contributed by atoms with E-state index in [1.165, 1.54) is 12.1 Å². The maximum Gasteiger partial charge on any atom is 0.136 e. The molecule has 0 heterocycles. The van der Waals surface area contributed by atoms with Crippen LogP contribution in [0.2, 0.25) is 0 Å². The molecule has 0 spiro atoms. The van der Waals surface area contributed by atoms with Crippen molar-refractivity contribution in [1.82, 2.24) is 0 Å². The molecule has 0 aliphatic carbocycles. The first-order valence-corrected chi connectivity index (χ1v) is 6.05. The molecule has 0 aliphatic heterocycles. The lowest BCUT2D eigenvalue weighted by atomic mass is 10.1. The van der Waals surface area contributed by atoms with Gasteiger partial charge < -0.3 is 4.74 Å². The summed E-state index contributed by atoms with van der Waals surface area (Å²) in [6.07, 6.45) is 0. The van der Waals surface area contributed by atoms with E-state index in [-0.39, 0.29) is 12.4 Å². The molecule has 2 nitrogen and oxygen atoms in total. The third kappa shape index (κ3) is 3.08. The van der Waals surface area contributed by atoms with Gasteiger partial charge >= 0.3 is 0 Å². The van der Waals surface area contributed by atoms with Crippen LogP contribution in [0.5, 0.6) is 5.75 Å². The van der Waals surface area contributed by atoms with Gasteiger partial charge in [0, 0.05) is 6.07 Å².